The van der Waals surface area contributed by atoms with E-state index in [9.17, 15) is 26.3 Å². The molecule has 7 heteroatoms. The molecule has 0 unspecified atom stereocenters. The molecule has 0 saturated carbocycles. The van der Waals surface area contributed by atoms with Crippen molar-refractivity contribution in [3.63, 3.8) is 0 Å². The molecular formula is C7HBrF6. The molecule has 0 saturated heterocycles. The summed E-state index contributed by atoms with van der Waals surface area (Å²) >= 11 is 2.19. The molecule has 0 N–H and O–H groups in total. The van der Waals surface area contributed by atoms with E-state index in [1.54, 1.807) is 0 Å². The van der Waals surface area contributed by atoms with Crippen molar-refractivity contribution in [2.24, 2.45) is 0 Å². The minimum atomic E-state index is -3.62. The maximum Gasteiger partial charge on any atom is 0.269 e. The Kier molecular flexibility index (Phi) is 3.08. The Morgan fingerprint density at radius 2 is 1.14 bits per heavy atom. The Labute approximate surface area is 82.7 Å². The first kappa shape index (κ1) is 11.4. The number of halogens is 7. The molecule has 0 heterocycles. The van der Waals surface area contributed by atoms with E-state index < -0.39 is 39.7 Å². The van der Waals surface area contributed by atoms with Crippen molar-refractivity contribution < 1.29 is 26.3 Å². The maximum absolute atomic E-state index is 12.7. The van der Waals surface area contributed by atoms with Crippen LogP contribution in [0.3, 0.4) is 0 Å². The van der Waals surface area contributed by atoms with Gasteiger partial charge in [0.05, 0.1) is 10.0 Å². The van der Waals surface area contributed by atoms with Gasteiger partial charge < -0.3 is 0 Å². The highest BCUT2D eigenvalue weighted by Crippen LogP contribution is 2.33. The summed E-state index contributed by atoms with van der Waals surface area (Å²) in [7, 11) is 0. The fourth-order valence-electron chi connectivity index (χ4n) is 0.813. The monoisotopic (exact) mass is 278 g/mol. The van der Waals surface area contributed by atoms with Gasteiger partial charge in [-0.1, -0.05) is 0 Å². The second-order valence-electron chi connectivity index (χ2n) is 2.28. The molecule has 78 valence electrons. The quantitative estimate of drug-likeness (QED) is 0.415. The Balaban J connectivity index is 3.60. The van der Waals surface area contributed by atoms with E-state index in [0.29, 0.717) is 0 Å². The summed E-state index contributed by atoms with van der Waals surface area (Å²) in [4.78, 5) is 0. The number of benzene rings is 1. The SMILES string of the molecule is Fc1c(F)c(C(F)F)c(F)c(F)c1Br. The molecule has 0 aliphatic rings. The van der Waals surface area contributed by atoms with Crippen molar-refractivity contribution in [1.82, 2.24) is 0 Å². The van der Waals surface area contributed by atoms with Crippen LogP contribution in [0.2, 0.25) is 0 Å². The summed E-state index contributed by atoms with van der Waals surface area (Å²) in [6.45, 7) is 0. The lowest BCUT2D eigenvalue weighted by molar-refractivity contribution is 0.137. The molecule has 0 aliphatic carbocycles. The first-order chi connectivity index (χ1) is 6.37. The molecule has 0 aliphatic heterocycles. The number of hydrogen-bond acceptors (Lipinski definition) is 0. The third kappa shape index (κ3) is 1.60. The van der Waals surface area contributed by atoms with E-state index in [4.69, 9.17) is 0 Å². The fraction of sp³-hybridized carbons (Fsp3) is 0.143. The molecular weight excluding hydrogens is 278 g/mol. The fourth-order valence-corrected chi connectivity index (χ4v) is 1.16. The van der Waals surface area contributed by atoms with E-state index >= 15 is 0 Å². The summed E-state index contributed by atoms with van der Waals surface area (Å²) in [6.07, 6.45) is -3.62. The maximum atomic E-state index is 12.7. The lowest BCUT2D eigenvalue weighted by atomic mass is 10.2. The minimum absolute atomic E-state index is 1.14. The molecule has 0 radical (unpaired) electrons. The second kappa shape index (κ2) is 3.80. The van der Waals surface area contributed by atoms with Crippen LogP contribution in [0.5, 0.6) is 0 Å². The van der Waals surface area contributed by atoms with Crippen LogP contribution in [0.4, 0.5) is 26.3 Å². The molecule has 0 atom stereocenters. The van der Waals surface area contributed by atoms with Crippen LogP contribution < -0.4 is 0 Å². The van der Waals surface area contributed by atoms with Gasteiger partial charge in [-0.3, -0.25) is 0 Å². The molecule has 14 heavy (non-hydrogen) atoms. The third-order valence-corrected chi connectivity index (χ3v) is 2.16. The Hall–Kier alpha value is -0.720. The third-order valence-electron chi connectivity index (χ3n) is 1.46. The smallest absolute Gasteiger partial charge is 0.205 e. The van der Waals surface area contributed by atoms with Crippen LogP contribution in [0, 0.1) is 23.3 Å². The van der Waals surface area contributed by atoms with Crippen LogP contribution >= 0.6 is 15.9 Å². The zero-order chi connectivity index (χ0) is 11.0. The lowest BCUT2D eigenvalue weighted by Gasteiger charge is -2.07. The summed E-state index contributed by atoms with van der Waals surface area (Å²) in [5.74, 6) is -7.94. The van der Waals surface area contributed by atoms with Crippen LogP contribution in [-0.2, 0) is 0 Å². The van der Waals surface area contributed by atoms with Gasteiger partial charge in [0.1, 0.15) is 0 Å². The zero-order valence-corrected chi connectivity index (χ0v) is 7.81. The van der Waals surface area contributed by atoms with Crippen LogP contribution in [0.25, 0.3) is 0 Å². The van der Waals surface area contributed by atoms with Crippen LogP contribution in [0.15, 0.2) is 4.47 Å². The molecule has 0 spiro atoms. The van der Waals surface area contributed by atoms with E-state index in [2.05, 4.69) is 15.9 Å². The van der Waals surface area contributed by atoms with E-state index in [1.165, 1.54) is 0 Å². The van der Waals surface area contributed by atoms with Gasteiger partial charge >= 0.3 is 0 Å². The molecule has 0 aromatic heterocycles. The molecule has 0 bridgehead atoms. The number of rotatable bonds is 1. The summed E-state index contributed by atoms with van der Waals surface area (Å²) in [5, 5.41) is 0. The van der Waals surface area contributed by atoms with Gasteiger partial charge in [-0.25, -0.2) is 26.3 Å². The first-order valence-corrected chi connectivity index (χ1v) is 3.96. The molecule has 0 nitrogen and oxygen atoms in total. The van der Waals surface area contributed by atoms with Gasteiger partial charge in [0.15, 0.2) is 23.3 Å². The van der Waals surface area contributed by atoms with Gasteiger partial charge in [-0.05, 0) is 15.9 Å². The van der Waals surface area contributed by atoms with E-state index in [0.717, 1.165) is 0 Å². The largest absolute Gasteiger partial charge is 0.269 e. The molecule has 1 rings (SSSR count). The van der Waals surface area contributed by atoms with E-state index in [-0.39, 0.29) is 0 Å². The first-order valence-electron chi connectivity index (χ1n) is 3.17. The average Bonchev–Trinajstić information content (AvgIpc) is 2.11. The molecule has 1 aromatic rings. The molecule has 0 fully saturated rings. The summed E-state index contributed by atoms with van der Waals surface area (Å²) < 4.78 is 73.3. The van der Waals surface area contributed by atoms with Crippen molar-refractivity contribution in [1.29, 1.82) is 0 Å². The van der Waals surface area contributed by atoms with Crippen molar-refractivity contribution in [3.05, 3.63) is 33.3 Å². The molecule has 1 aromatic carbocycles. The predicted octanol–water partition coefficient (Wildman–Crippen LogP) is 3.94. The highest BCUT2D eigenvalue weighted by atomic mass is 79.9. The number of hydrogen-bond donors (Lipinski definition) is 0. The van der Waals surface area contributed by atoms with Crippen LogP contribution in [-0.4, -0.2) is 0 Å². The zero-order valence-electron chi connectivity index (χ0n) is 6.22. The Morgan fingerprint density at radius 3 is 1.43 bits per heavy atom. The summed E-state index contributed by atoms with van der Waals surface area (Å²) in [6, 6.07) is 0. The Bertz CT molecular complexity index is 346. The number of alkyl halides is 2. The average molecular weight is 279 g/mol. The molecule has 0 amide bonds. The normalized spacial score (nSPS) is 11.1. The topological polar surface area (TPSA) is 0 Å². The highest BCUT2D eigenvalue weighted by Gasteiger charge is 2.28. The summed E-state index contributed by atoms with van der Waals surface area (Å²) in [5.41, 5.74) is -1.90. The Morgan fingerprint density at radius 1 is 0.786 bits per heavy atom. The standard InChI is InChI=1S/C7HBrF6/c8-2-5(11)3(9)1(7(13)14)4(10)6(2)12/h7H. The minimum Gasteiger partial charge on any atom is -0.205 e. The van der Waals surface area contributed by atoms with Crippen LogP contribution in [0.1, 0.15) is 12.0 Å². The van der Waals surface area contributed by atoms with Crippen molar-refractivity contribution >= 4 is 15.9 Å². The van der Waals surface area contributed by atoms with Gasteiger partial charge in [0.25, 0.3) is 6.43 Å². The van der Waals surface area contributed by atoms with Gasteiger partial charge in [0, 0.05) is 0 Å². The van der Waals surface area contributed by atoms with Crippen molar-refractivity contribution in [2.75, 3.05) is 0 Å². The second-order valence-corrected chi connectivity index (χ2v) is 3.08. The predicted molar refractivity (Wildman–Crippen MR) is 38.9 cm³/mol. The van der Waals surface area contributed by atoms with Crippen molar-refractivity contribution in [3.8, 4) is 0 Å². The lowest BCUT2D eigenvalue weighted by Crippen LogP contribution is -2.04. The van der Waals surface area contributed by atoms with E-state index in [1.807, 2.05) is 0 Å². The van der Waals surface area contributed by atoms with Gasteiger partial charge in [-0.15, -0.1) is 0 Å². The van der Waals surface area contributed by atoms with Gasteiger partial charge in [0.2, 0.25) is 0 Å². The van der Waals surface area contributed by atoms with Gasteiger partial charge in [-0.2, -0.15) is 0 Å². The highest BCUT2D eigenvalue weighted by molar-refractivity contribution is 9.10. The van der Waals surface area contributed by atoms with Crippen molar-refractivity contribution in [2.45, 2.75) is 6.43 Å².